The highest BCUT2D eigenvalue weighted by Gasteiger charge is 2.14. The summed E-state index contributed by atoms with van der Waals surface area (Å²) in [6.45, 7) is 3.95. The van der Waals surface area contributed by atoms with E-state index in [4.69, 9.17) is 14.6 Å². The number of rotatable bonds is 10. The number of unbranched alkanes of at least 4 members (excludes halogenated alkanes) is 1. The Labute approximate surface area is 126 Å². The van der Waals surface area contributed by atoms with E-state index in [2.05, 4.69) is 6.92 Å². The molecule has 0 heterocycles. The van der Waals surface area contributed by atoms with Gasteiger partial charge in [-0.15, -0.1) is 0 Å². The van der Waals surface area contributed by atoms with Crippen molar-refractivity contribution in [3.05, 3.63) is 29.8 Å². The normalized spacial score (nSPS) is 10.4. The van der Waals surface area contributed by atoms with Crippen molar-refractivity contribution in [3.8, 4) is 5.75 Å². The van der Waals surface area contributed by atoms with Crippen molar-refractivity contribution in [2.24, 2.45) is 0 Å². The summed E-state index contributed by atoms with van der Waals surface area (Å²) in [6, 6.07) is 7.11. The van der Waals surface area contributed by atoms with Crippen LogP contribution >= 0.6 is 0 Å². The summed E-state index contributed by atoms with van der Waals surface area (Å²) in [5, 5.41) is 9.04. The number of carbonyl (C=O) groups excluding carboxylic acids is 1. The van der Waals surface area contributed by atoms with Crippen molar-refractivity contribution in [1.29, 1.82) is 0 Å². The molecule has 0 fully saturated rings. The largest absolute Gasteiger partial charge is 0.494 e. The molecule has 0 spiro atoms. The number of hydrogen-bond donors (Lipinski definition) is 1. The lowest BCUT2D eigenvalue weighted by atomic mass is 10.2. The zero-order chi connectivity index (χ0) is 15.5. The fourth-order valence-electron chi connectivity index (χ4n) is 1.85. The number of aliphatic hydroxyl groups excluding tert-OH is 1. The number of hydrogen-bond acceptors (Lipinski definition) is 4. The van der Waals surface area contributed by atoms with E-state index in [1.807, 2.05) is 0 Å². The molecule has 1 amide bonds. The molecule has 21 heavy (non-hydrogen) atoms. The van der Waals surface area contributed by atoms with Crippen LogP contribution in [0.25, 0.3) is 0 Å². The predicted octanol–water partition coefficient (Wildman–Crippen LogP) is 1.95. The fraction of sp³-hybridized carbons (Fsp3) is 0.562. The molecule has 118 valence electrons. The van der Waals surface area contributed by atoms with Gasteiger partial charge in [-0.2, -0.15) is 0 Å². The van der Waals surface area contributed by atoms with Gasteiger partial charge in [0.15, 0.2) is 0 Å². The Kier molecular flexibility index (Phi) is 8.47. The molecule has 0 aromatic heterocycles. The van der Waals surface area contributed by atoms with Gasteiger partial charge in [-0.05, 0) is 30.7 Å². The number of carbonyl (C=O) groups is 1. The zero-order valence-corrected chi connectivity index (χ0v) is 12.9. The fourth-order valence-corrected chi connectivity index (χ4v) is 1.85. The lowest BCUT2D eigenvalue weighted by Crippen LogP contribution is -2.36. The molecule has 0 saturated carbocycles. The molecule has 5 nitrogen and oxygen atoms in total. The minimum atomic E-state index is -0.110. The van der Waals surface area contributed by atoms with Crippen LogP contribution in [0.5, 0.6) is 5.75 Å². The third-order valence-corrected chi connectivity index (χ3v) is 3.09. The number of methoxy groups -OCH3 is 1. The quantitative estimate of drug-likeness (QED) is 0.670. The molecule has 0 aliphatic rings. The Morgan fingerprint density at radius 1 is 1.19 bits per heavy atom. The van der Waals surface area contributed by atoms with Gasteiger partial charge in [0.05, 0.1) is 19.8 Å². The maximum Gasteiger partial charge on any atom is 0.254 e. The summed E-state index contributed by atoms with van der Waals surface area (Å²) in [6.07, 6.45) is 2.11. The van der Waals surface area contributed by atoms with Crippen molar-refractivity contribution >= 4 is 5.91 Å². The van der Waals surface area contributed by atoms with Gasteiger partial charge in [0.2, 0.25) is 0 Å². The molecule has 1 aromatic carbocycles. The highest BCUT2D eigenvalue weighted by atomic mass is 16.5. The van der Waals surface area contributed by atoms with Gasteiger partial charge in [-0.25, -0.2) is 0 Å². The highest BCUT2D eigenvalue weighted by Crippen LogP contribution is 2.14. The lowest BCUT2D eigenvalue weighted by molar-refractivity contribution is 0.0656. The van der Waals surface area contributed by atoms with Gasteiger partial charge in [-0.1, -0.05) is 13.3 Å². The first-order valence-electron chi connectivity index (χ1n) is 7.34. The van der Waals surface area contributed by atoms with E-state index in [1.165, 1.54) is 0 Å². The molecule has 1 aromatic rings. The van der Waals surface area contributed by atoms with Gasteiger partial charge in [0.25, 0.3) is 5.91 Å². The number of nitrogens with zero attached hydrogens (tertiary/aromatic N) is 1. The number of aliphatic hydroxyl groups is 1. The van der Waals surface area contributed by atoms with E-state index in [0.29, 0.717) is 31.9 Å². The summed E-state index contributed by atoms with van der Waals surface area (Å²) < 4.78 is 10.6. The van der Waals surface area contributed by atoms with E-state index < -0.39 is 0 Å². The minimum absolute atomic E-state index is 0.0618. The van der Waals surface area contributed by atoms with Crippen LogP contribution < -0.4 is 4.74 Å². The van der Waals surface area contributed by atoms with E-state index in [-0.39, 0.29) is 12.5 Å². The average Bonchev–Trinajstić information content (AvgIpc) is 2.52. The van der Waals surface area contributed by atoms with Gasteiger partial charge in [0.1, 0.15) is 5.75 Å². The van der Waals surface area contributed by atoms with Crippen LogP contribution in [0.1, 0.15) is 30.1 Å². The SMILES string of the molecule is CCCCOc1ccc(C(=O)N(CCO)CCOC)cc1. The van der Waals surface area contributed by atoms with Crippen LogP contribution in [0, 0.1) is 0 Å². The molecule has 1 N–H and O–H groups in total. The minimum Gasteiger partial charge on any atom is -0.494 e. The van der Waals surface area contributed by atoms with E-state index in [1.54, 1.807) is 36.3 Å². The monoisotopic (exact) mass is 295 g/mol. The Bertz CT molecular complexity index is 405. The summed E-state index contributed by atoms with van der Waals surface area (Å²) in [5.74, 6) is 0.659. The molecule has 0 bridgehead atoms. The van der Waals surface area contributed by atoms with Crippen molar-refractivity contribution < 1.29 is 19.4 Å². The van der Waals surface area contributed by atoms with E-state index in [0.717, 1.165) is 18.6 Å². The molecule has 0 atom stereocenters. The molecule has 1 rings (SSSR count). The van der Waals surface area contributed by atoms with Crippen molar-refractivity contribution in [1.82, 2.24) is 4.90 Å². The van der Waals surface area contributed by atoms with Crippen LogP contribution in [0.15, 0.2) is 24.3 Å². The smallest absolute Gasteiger partial charge is 0.254 e. The van der Waals surface area contributed by atoms with Crippen LogP contribution in [0.4, 0.5) is 0 Å². The molecule has 0 radical (unpaired) electrons. The second-order valence-corrected chi connectivity index (χ2v) is 4.73. The van der Waals surface area contributed by atoms with Gasteiger partial charge < -0.3 is 19.5 Å². The first-order valence-corrected chi connectivity index (χ1v) is 7.34. The van der Waals surface area contributed by atoms with Crippen LogP contribution in [0.2, 0.25) is 0 Å². The third kappa shape index (κ3) is 6.14. The topological polar surface area (TPSA) is 59.0 Å². The molecular weight excluding hydrogens is 270 g/mol. The molecule has 5 heteroatoms. The van der Waals surface area contributed by atoms with Crippen molar-refractivity contribution in [2.45, 2.75) is 19.8 Å². The van der Waals surface area contributed by atoms with Gasteiger partial charge >= 0.3 is 0 Å². The average molecular weight is 295 g/mol. The first-order chi connectivity index (χ1) is 10.2. The van der Waals surface area contributed by atoms with Gasteiger partial charge in [-0.3, -0.25) is 4.79 Å². The second-order valence-electron chi connectivity index (χ2n) is 4.73. The Balaban J connectivity index is 2.62. The van der Waals surface area contributed by atoms with Crippen LogP contribution in [-0.4, -0.2) is 55.9 Å². The Morgan fingerprint density at radius 3 is 2.48 bits per heavy atom. The lowest BCUT2D eigenvalue weighted by Gasteiger charge is -2.21. The van der Waals surface area contributed by atoms with Crippen molar-refractivity contribution in [3.63, 3.8) is 0 Å². The molecule has 0 aliphatic heterocycles. The number of amides is 1. The summed E-state index contributed by atoms with van der Waals surface area (Å²) in [5.41, 5.74) is 0.586. The molecule has 0 aliphatic carbocycles. The van der Waals surface area contributed by atoms with Crippen LogP contribution in [0.3, 0.4) is 0 Å². The molecule has 0 unspecified atom stereocenters. The maximum absolute atomic E-state index is 12.3. The first kappa shape index (κ1) is 17.5. The third-order valence-electron chi connectivity index (χ3n) is 3.09. The predicted molar refractivity (Wildman–Crippen MR) is 81.7 cm³/mol. The second kappa shape index (κ2) is 10.2. The Morgan fingerprint density at radius 2 is 1.90 bits per heavy atom. The molecular formula is C16H25NO4. The summed E-state index contributed by atoms with van der Waals surface area (Å²) in [4.78, 5) is 13.9. The Hall–Kier alpha value is -1.59. The summed E-state index contributed by atoms with van der Waals surface area (Å²) in [7, 11) is 1.59. The van der Waals surface area contributed by atoms with Gasteiger partial charge in [0, 0.05) is 25.8 Å². The van der Waals surface area contributed by atoms with Crippen LogP contribution in [-0.2, 0) is 4.74 Å². The number of benzene rings is 1. The van der Waals surface area contributed by atoms with E-state index in [9.17, 15) is 4.79 Å². The maximum atomic E-state index is 12.3. The number of ether oxygens (including phenoxy) is 2. The highest BCUT2D eigenvalue weighted by molar-refractivity contribution is 5.94. The van der Waals surface area contributed by atoms with Crippen molar-refractivity contribution in [2.75, 3.05) is 40.0 Å². The van der Waals surface area contributed by atoms with E-state index >= 15 is 0 Å². The standard InChI is InChI=1S/C16H25NO4/c1-3-4-12-21-15-7-5-14(6-8-15)16(19)17(9-11-18)10-13-20-2/h5-8,18H,3-4,9-13H2,1-2H3. The summed E-state index contributed by atoms with van der Waals surface area (Å²) >= 11 is 0. The molecule has 0 saturated heterocycles. The zero-order valence-electron chi connectivity index (χ0n) is 12.9.